The highest BCUT2D eigenvalue weighted by Gasteiger charge is 2.11. The summed E-state index contributed by atoms with van der Waals surface area (Å²) >= 11 is 5.88. The first-order valence-corrected chi connectivity index (χ1v) is 9.01. The number of aromatic nitrogens is 2. The fraction of sp³-hybridized carbons (Fsp3) is 0.190. The number of hydrogen-bond acceptors (Lipinski definition) is 4. The molecular formula is C21H21ClN4O. The molecule has 27 heavy (non-hydrogen) atoms. The molecule has 1 amide bonds. The first-order valence-electron chi connectivity index (χ1n) is 8.63. The molecule has 0 radical (unpaired) electrons. The Kier molecular flexibility index (Phi) is 5.72. The van der Waals surface area contributed by atoms with Gasteiger partial charge in [0.1, 0.15) is 17.3 Å². The molecule has 1 aromatic heterocycles. The van der Waals surface area contributed by atoms with Crippen molar-refractivity contribution >= 4 is 29.0 Å². The molecule has 0 spiro atoms. The van der Waals surface area contributed by atoms with Crippen LogP contribution in [0.1, 0.15) is 33.0 Å². The Morgan fingerprint density at radius 3 is 2.44 bits per heavy atom. The number of benzene rings is 2. The Labute approximate surface area is 163 Å². The van der Waals surface area contributed by atoms with Gasteiger partial charge in [-0.15, -0.1) is 0 Å². The van der Waals surface area contributed by atoms with E-state index in [9.17, 15) is 4.79 Å². The summed E-state index contributed by atoms with van der Waals surface area (Å²) in [5.41, 5.74) is 4.54. The number of amides is 1. The zero-order chi connectivity index (χ0) is 19.4. The maximum atomic E-state index is 12.5. The van der Waals surface area contributed by atoms with E-state index < -0.39 is 0 Å². The first-order chi connectivity index (χ1) is 12.9. The predicted molar refractivity (Wildman–Crippen MR) is 109 cm³/mol. The number of anilines is 2. The van der Waals surface area contributed by atoms with Gasteiger partial charge < -0.3 is 10.6 Å². The summed E-state index contributed by atoms with van der Waals surface area (Å²) in [6, 6.07) is 15.1. The van der Waals surface area contributed by atoms with Crippen LogP contribution in [0.3, 0.4) is 0 Å². The van der Waals surface area contributed by atoms with E-state index in [0.29, 0.717) is 28.9 Å². The normalized spacial score (nSPS) is 10.5. The number of aryl methyl sites for hydroxylation is 3. The number of carbonyl (C=O) groups excluding carboxylic acids is 1. The molecule has 138 valence electrons. The van der Waals surface area contributed by atoms with Crippen LogP contribution in [0.4, 0.5) is 11.5 Å². The smallest absolute Gasteiger partial charge is 0.270 e. The number of carbonyl (C=O) groups is 1. The highest BCUT2D eigenvalue weighted by atomic mass is 35.5. The quantitative estimate of drug-likeness (QED) is 0.671. The highest BCUT2D eigenvalue weighted by Crippen LogP contribution is 2.21. The van der Waals surface area contributed by atoms with Gasteiger partial charge in [-0.1, -0.05) is 41.4 Å². The Hall–Kier alpha value is -2.92. The van der Waals surface area contributed by atoms with Crippen LogP contribution >= 0.6 is 11.6 Å². The fourth-order valence-corrected chi connectivity index (χ4v) is 2.84. The summed E-state index contributed by atoms with van der Waals surface area (Å²) in [6.45, 7) is 6.25. The molecule has 0 aliphatic carbocycles. The van der Waals surface area contributed by atoms with E-state index in [1.54, 1.807) is 25.1 Å². The van der Waals surface area contributed by atoms with Crippen LogP contribution in [0.2, 0.25) is 5.02 Å². The number of nitrogens with zero attached hydrogens (tertiary/aromatic N) is 2. The number of nitrogens with one attached hydrogen (secondary N) is 2. The van der Waals surface area contributed by atoms with Gasteiger partial charge in [0, 0.05) is 23.3 Å². The Morgan fingerprint density at radius 2 is 1.74 bits per heavy atom. The van der Waals surface area contributed by atoms with E-state index in [0.717, 1.165) is 16.8 Å². The Bertz CT molecular complexity index is 970. The lowest BCUT2D eigenvalue weighted by molar-refractivity contribution is 0.0945. The monoisotopic (exact) mass is 380 g/mol. The molecule has 3 aromatic rings. The zero-order valence-electron chi connectivity index (χ0n) is 15.5. The molecule has 0 unspecified atom stereocenters. The average molecular weight is 381 g/mol. The second kappa shape index (κ2) is 8.18. The van der Waals surface area contributed by atoms with Crippen molar-refractivity contribution in [3.63, 3.8) is 0 Å². The maximum absolute atomic E-state index is 12.5. The predicted octanol–water partition coefficient (Wildman–Crippen LogP) is 4.73. The van der Waals surface area contributed by atoms with Crippen molar-refractivity contribution in [2.75, 3.05) is 5.32 Å². The summed E-state index contributed by atoms with van der Waals surface area (Å²) in [5.74, 6) is 0.867. The van der Waals surface area contributed by atoms with Crippen LogP contribution in [0.15, 0.2) is 48.5 Å². The summed E-state index contributed by atoms with van der Waals surface area (Å²) < 4.78 is 0. The Morgan fingerprint density at radius 1 is 1.00 bits per heavy atom. The lowest BCUT2D eigenvalue weighted by atomic mass is 10.1. The molecule has 0 atom stereocenters. The van der Waals surface area contributed by atoms with Crippen molar-refractivity contribution in [3.8, 4) is 0 Å². The minimum atomic E-state index is -0.251. The molecule has 0 fully saturated rings. The molecular weight excluding hydrogens is 360 g/mol. The van der Waals surface area contributed by atoms with E-state index >= 15 is 0 Å². The van der Waals surface area contributed by atoms with Gasteiger partial charge in [-0.2, -0.15) is 0 Å². The topological polar surface area (TPSA) is 66.9 Å². The van der Waals surface area contributed by atoms with Gasteiger partial charge in [-0.05, 0) is 50.1 Å². The SMILES string of the molecule is Cc1ccc(Nc2cc(C(=O)NCc3ccc(Cl)cc3)nc(C)n2)c(C)c1. The van der Waals surface area contributed by atoms with E-state index in [1.807, 2.05) is 31.2 Å². The molecule has 0 aliphatic heterocycles. The minimum Gasteiger partial charge on any atom is -0.347 e. The van der Waals surface area contributed by atoms with Gasteiger partial charge in [0.15, 0.2) is 0 Å². The lowest BCUT2D eigenvalue weighted by Gasteiger charge is -2.11. The second-order valence-electron chi connectivity index (χ2n) is 6.44. The molecule has 0 saturated heterocycles. The van der Waals surface area contributed by atoms with Gasteiger partial charge >= 0.3 is 0 Å². The minimum absolute atomic E-state index is 0.251. The summed E-state index contributed by atoms with van der Waals surface area (Å²) in [5, 5.41) is 6.81. The molecule has 0 aliphatic rings. The van der Waals surface area contributed by atoms with Crippen molar-refractivity contribution < 1.29 is 4.79 Å². The number of rotatable bonds is 5. The summed E-state index contributed by atoms with van der Waals surface area (Å²) in [6.07, 6.45) is 0. The summed E-state index contributed by atoms with van der Waals surface area (Å²) in [7, 11) is 0. The van der Waals surface area contributed by atoms with Gasteiger partial charge in [0.25, 0.3) is 5.91 Å². The molecule has 5 nitrogen and oxygen atoms in total. The van der Waals surface area contributed by atoms with E-state index in [-0.39, 0.29) is 5.91 Å². The molecule has 1 heterocycles. The van der Waals surface area contributed by atoms with Crippen LogP contribution < -0.4 is 10.6 Å². The molecule has 0 bridgehead atoms. The van der Waals surface area contributed by atoms with Crippen LogP contribution in [-0.4, -0.2) is 15.9 Å². The van der Waals surface area contributed by atoms with Crippen LogP contribution in [-0.2, 0) is 6.54 Å². The van der Waals surface area contributed by atoms with Crippen LogP contribution in [0, 0.1) is 20.8 Å². The first kappa shape index (κ1) is 18.9. The highest BCUT2D eigenvalue weighted by molar-refractivity contribution is 6.30. The van der Waals surface area contributed by atoms with Crippen LogP contribution in [0.25, 0.3) is 0 Å². The third-order valence-corrected chi connectivity index (χ3v) is 4.33. The van der Waals surface area contributed by atoms with Crippen molar-refractivity contribution in [1.29, 1.82) is 0 Å². The maximum Gasteiger partial charge on any atom is 0.270 e. The van der Waals surface area contributed by atoms with Gasteiger partial charge in [0.2, 0.25) is 0 Å². The lowest BCUT2D eigenvalue weighted by Crippen LogP contribution is -2.24. The summed E-state index contributed by atoms with van der Waals surface area (Å²) in [4.78, 5) is 21.1. The van der Waals surface area contributed by atoms with Gasteiger partial charge in [0.05, 0.1) is 0 Å². The third kappa shape index (κ3) is 5.05. The largest absolute Gasteiger partial charge is 0.347 e. The molecule has 2 N–H and O–H groups in total. The Balaban J connectivity index is 1.73. The number of halogens is 1. The molecule has 6 heteroatoms. The van der Waals surface area contributed by atoms with E-state index in [1.165, 1.54) is 5.56 Å². The fourth-order valence-electron chi connectivity index (χ4n) is 2.72. The molecule has 2 aromatic carbocycles. The van der Waals surface area contributed by atoms with E-state index in [4.69, 9.17) is 11.6 Å². The average Bonchev–Trinajstić information content (AvgIpc) is 2.63. The van der Waals surface area contributed by atoms with Crippen molar-refractivity contribution in [3.05, 3.63) is 81.8 Å². The van der Waals surface area contributed by atoms with E-state index in [2.05, 4.69) is 33.6 Å². The second-order valence-corrected chi connectivity index (χ2v) is 6.87. The number of hydrogen-bond donors (Lipinski definition) is 2. The molecule has 3 rings (SSSR count). The van der Waals surface area contributed by atoms with Crippen molar-refractivity contribution in [2.24, 2.45) is 0 Å². The standard InChI is InChI=1S/C21H21ClN4O/c1-13-4-9-18(14(2)10-13)26-20-11-19(24-15(3)25-20)21(27)23-12-16-5-7-17(22)8-6-16/h4-11H,12H2,1-3H3,(H,23,27)(H,24,25,26). The molecule has 0 saturated carbocycles. The van der Waals surface area contributed by atoms with Gasteiger partial charge in [-0.3, -0.25) is 4.79 Å². The third-order valence-electron chi connectivity index (χ3n) is 4.08. The zero-order valence-corrected chi connectivity index (χ0v) is 16.3. The van der Waals surface area contributed by atoms with Crippen molar-refractivity contribution in [1.82, 2.24) is 15.3 Å². The van der Waals surface area contributed by atoms with Crippen LogP contribution in [0.5, 0.6) is 0 Å². The van der Waals surface area contributed by atoms with Crippen molar-refractivity contribution in [2.45, 2.75) is 27.3 Å². The van der Waals surface area contributed by atoms with Gasteiger partial charge in [-0.25, -0.2) is 9.97 Å².